The van der Waals surface area contributed by atoms with Crippen molar-refractivity contribution < 1.29 is 19.1 Å². The van der Waals surface area contributed by atoms with Gasteiger partial charge in [0.25, 0.3) is 5.91 Å². The summed E-state index contributed by atoms with van der Waals surface area (Å²) in [7, 11) is 0. The van der Waals surface area contributed by atoms with E-state index in [0.717, 1.165) is 15.8 Å². The van der Waals surface area contributed by atoms with Gasteiger partial charge in [-0.1, -0.05) is 0 Å². The quantitative estimate of drug-likeness (QED) is 0.637. The van der Waals surface area contributed by atoms with Gasteiger partial charge in [-0.25, -0.2) is 14.2 Å². The van der Waals surface area contributed by atoms with E-state index in [1.54, 1.807) is 24.5 Å². The van der Waals surface area contributed by atoms with Crippen LogP contribution in [0.3, 0.4) is 0 Å². The third-order valence-electron chi connectivity index (χ3n) is 4.76. The minimum Gasteiger partial charge on any atom is -0.465 e. The highest BCUT2D eigenvalue weighted by atomic mass is 19.1. The molecule has 1 aliphatic rings. The van der Waals surface area contributed by atoms with Crippen LogP contribution in [0.25, 0.3) is 22.2 Å². The van der Waals surface area contributed by atoms with Gasteiger partial charge in [0.1, 0.15) is 5.82 Å². The lowest BCUT2D eigenvalue weighted by atomic mass is 9.94. The first-order chi connectivity index (χ1) is 13.5. The first-order valence-corrected chi connectivity index (χ1v) is 8.69. The lowest BCUT2D eigenvalue weighted by molar-refractivity contribution is -0.130. The second-order valence-corrected chi connectivity index (χ2v) is 6.65. The number of anilines is 1. The maximum atomic E-state index is 15.0. The predicted octanol–water partition coefficient (Wildman–Crippen LogP) is 2.44. The van der Waals surface area contributed by atoms with E-state index < -0.39 is 24.2 Å². The van der Waals surface area contributed by atoms with Gasteiger partial charge < -0.3 is 15.3 Å². The van der Waals surface area contributed by atoms with Crippen LogP contribution in [0.15, 0.2) is 36.8 Å². The molecule has 4 rings (SSSR count). The molecule has 1 atom stereocenters. The van der Waals surface area contributed by atoms with E-state index in [0.29, 0.717) is 11.3 Å². The topological polar surface area (TPSA) is 124 Å². The normalized spacial score (nSPS) is 19.5. The average molecular weight is 384 g/mol. The first kappa shape index (κ1) is 17.8. The molecule has 3 aromatic heterocycles. The smallest absolute Gasteiger partial charge is 0.407 e. The zero-order chi connectivity index (χ0) is 19.7. The summed E-state index contributed by atoms with van der Waals surface area (Å²) in [5.74, 6) is -0.720. The van der Waals surface area contributed by atoms with Gasteiger partial charge in [0.05, 0.1) is 24.0 Å². The molecular weight excluding hydrogens is 367 g/mol. The molecule has 0 unspecified atom stereocenters. The van der Waals surface area contributed by atoms with Gasteiger partial charge in [-0.3, -0.25) is 14.9 Å². The van der Waals surface area contributed by atoms with Crippen LogP contribution in [0, 0.1) is 0 Å². The molecule has 1 saturated heterocycles. The summed E-state index contributed by atoms with van der Waals surface area (Å²) < 4.78 is 15.0. The lowest BCUT2D eigenvalue weighted by Crippen LogP contribution is -2.53. The summed E-state index contributed by atoms with van der Waals surface area (Å²) >= 11 is 0. The monoisotopic (exact) mass is 384 g/mol. The van der Waals surface area contributed by atoms with Crippen molar-refractivity contribution in [2.45, 2.75) is 18.5 Å². The van der Waals surface area contributed by atoms with Gasteiger partial charge in [-0.15, -0.1) is 0 Å². The van der Waals surface area contributed by atoms with E-state index in [1.165, 1.54) is 6.20 Å². The second kappa shape index (κ2) is 6.87. The van der Waals surface area contributed by atoms with E-state index in [-0.39, 0.29) is 25.2 Å². The van der Waals surface area contributed by atoms with Crippen molar-refractivity contribution >= 4 is 28.7 Å². The van der Waals surface area contributed by atoms with Crippen molar-refractivity contribution in [3.8, 4) is 11.3 Å². The number of alkyl halides is 1. The van der Waals surface area contributed by atoms with Gasteiger partial charge in [0, 0.05) is 29.9 Å². The van der Waals surface area contributed by atoms with Crippen molar-refractivity contribution in [1.29, 1.82) is 0 Å². The molecule has 0 saturated carbocycles. The number of aromatic nitrogens is 4. The lowest BCUT2D eigenvalue weighted by Gasteiger charge is -2.34. The highest BCUT2D eigenvalue weighted by molar-refractivity contribution is 5.97. The van der Waals surface area contributed by atoms with Crippen LogP contribution in [-0.4, -0.2) is 60.9 Å². The number of rotatable bonds is 3. The Morgan fingerprint density at radius 2 is 2.11 bits per heavy atom. The van der Waals surface area contributed by atoms with Gasteiger partial charge in [-0.05, 0) is 31.0 Å². The molecule has 4 heterocycles. The molecule has 0 spiro atoms. The summed E-state index contributed by atoms with van der Waals surface area (Å²) in [5, 5.41) is 19.3. The van der Waals surface area contributed by atoms with Crippen LogP contribution < -0.4 is 5.32 Å². The van der Waals surface area contributed by atoms with Crippen molar-refractivity contribution in [2.75, 3.05) is 18.4 Å². The molecule has 10 heteroatoms. The Kier molecular flexibility index (Phi) is 4.38. The van der Waals surface area contributed by atoms with Crippen molar-refractivity contribution in [1.82, 2.24) is 25.1 Å². The molecule has 1 aliphatic heterocycles. The van der Waals surface area contributed by atoms with Crippen LogP contribution in [0.1, 0.15) is 12.8 Å². The van der Waals surface area contributed by atoms with Gasteiger partial charge in [-0.2, -0.15) is 5.10 Å². The number of likely N-dealkylation sites (tertiary alicyclic amines) is 1. The fourth-order valence-electron chi connectivity index (χ4n) is 3.28. The first-order valence-electron chi connectivity index (χ1n) is 8.69. The number of hydrogen-bond donors (Lipinski definition) is 3. The predicted molar refractivity (Wildman–Crippen MR) is 98.4 cm³/mol. The van der Waals surface area contributed by atoms with Crippen LogP contribution in [-0.2, 0) is 4.79 Å². The minimum absolute atomic E-state index is 0.0353. The Hall–Kier alpha value is -3.56. The van der Waals surface area contributed by atoms with Crippen LogP contribution in [0.2, 0.25) is 0 Å². The number of carbonyl (C=O) groups excluding carboxylic acids is 1. The Balaban J connectivity index is 1.51. The number of nitrogens with zero attached hydrogens (tertiary/aromatic N) is 4. The largest absolute Gasteiger partial charge is 0.465 e. The SMILES string of the molecule is O=C(O)N1CCC[C@](F)(C(=O)Nc2ccc(-c3nccc4cn[nH]c34)cn2)C1. The number of pyridine rings is 2. The second-order valence-electron chi connectivity index (χ2n) is 6.65. The summed E-state index contributed by atoms with van der Waals surface area (Å²) in [6.45, 7) is -0.272. The number of carbonyl (C=O) groups is 2. The van der Waals surface area contributed by atoms with Gasteiger partial charge in [0.2, 0.25) is 5.67 Å². The van der Waals surface area contributed by atoms with E-state index in [2.05, 4.69) is 25.5 Å². The molecule has 0 radical (unpaired) electrons. The standard InChI is InChI=1S/C18H17FN6O3/c19-18(5-1-7-25(10-18)17(27)28)16(26)23-13-3-2-11(8-21-13)14-15-12(4-6-20-14)9-22-24-15/h2-4,6,8-9H,1,5,7,10H2,(H,22,24)(H,27,28)(H,21,23,26)/t18-/m1/s1. The molecule has 0 bridgehead atoms. The average Bonchev–Trinajstić information content (AvgIpc) is 3.17. The summed E-state index contributed by atoms with van der Waals surface area (Å²) in [6.07, 6.45) is 3.88. The minimum atomic E-state index is -2.28. The Morgan fingerprint density at radius 3 is 2.86 bits per heavy atom. The molecule has 1 fully saturated rings. The molecule has 144 valence electrons. The zero-order valence-electron chi connectivity index (χ0n) is 14.7. The summed E-state index contributed by atoms with van der Waals surface area (Å²) in [4.78, 5) is 32.9. The number of amides is 2. The third kappa shape index (κ3) is 3.24. The van der Waals surface area contributed by atoms with Gasteiger partial charge >= 0.3 is 6.09 Å². The van der Waals surface area contributed by atoms with Crippen molar-refractivity contribution in [3.05, 3.63) is 36.8 Å². The Labute approximate surface area is 158 Å². The molecule has 9 nitrogen and oxygen atoms in total. The molecule has 2 amide bonds. The Morgan fingerprint density at radius 1 is 1.25 bits per heavy atom. The number of H-pyrrole nitrogens is 1. The van der Waals surface area contributed by atoms with E-state index >= 15 is 0 Å². The highest BCUT2D eigenvalue weighted by Crippen LogP contribution is 2.28. The maximum absolute atomic E-state index is 15.0. The number of halogens is 1. The fourth-order valence-corrected chi connectivity index (χ4v) is 3.28. The molecule has 28 heavy (non-hydrogen) atoms. The number of hydrogen-bond acceptors (Lipinski definition) is 5. The summed E-state index contributed by atoms with van der Waals surface area (Å²) in [5.41, 5.74) is -0.149. The third-order valence-corrected chi connectivity index (χ3v) is 4.76. The fraction of sp³-hybridized carbons (Fsp3) is 0.278. The van der Waals surface area contributed by atoms with E-state index in [4.69, 9.17) is 5.11 Å². The number of carboxylic acid groups (broad SMARTS) is 1. The van der Waals surface area contributed by atoms with Crippen molar-refractivity contribution in [3.63, 3.8) is 0 Å². The van der Waals surface area contributed by atoms with Crippen LogP contribution in [0.5, 0.6) is 0 Å². The van der Waals surface area contributed by atoms with Crippen molar-refractivity contribution in [2.24, 2.45) is 0 Å². The Bertz CT molecular complexity index is 1040. The number of aromatic amines is 1. The molecule has 3 N–H and O–H groups in total. The van der Waals surface area contributed by atoms with Crippen LogP contribution in [0.4, 0.5) is 15.0 Å². The van der Waals surface area contributed by atoms with Gasteiger partial charge in [0.15, 0.2) is 0 Å². The van der Waals surface area contributed by atoms with E-state index in [9.17, 15) is 14.0 Å². The summed E-state index contributed by atoms with van der Waals surface area (Å²) in [6, 6.07) is 5.08. The molecular formula is C18H17FN6O3. The van der Waals surface area contributed by atoms with E-state index in [1.807, 2.05) is 6.07 Å². The number of fused-ring (bicyclic) bond motifs is 1. The molecule has 0 aromatic carbocycles. The highest BCUT2D eigenvalue weighted by Gasteiger charge is 2.44. The zero-order valence-corrected chi connectivity index (χ0v) is 14.7. The van der Waals surface area contributed by atoms with Crippen LogP contribution >= 0.6 is 0 Å². The number of nitrogens with one attached hydrogen (secondary N) is 2. The molecule has 0 aliphatic carbocycles. The molecule has 3 aromatic rings. The number of piperidine rings is 1. The maximum Gasteiger partial charge on any atom is 0.407 e.